The minimum atomic E-state index is -3.09. The standard InChI is InChI=1S/C55H39N3Si/c1-55(2)46-29-17-15-27-41(46)43-33-34-44-42-28-16-18-30-47(42)58(52(44)49(43)55)38-31-32-45-48(35-38)59(39-23-11-5-12-24-39,40-25-13-6-14-26-40)53-50(36-19-7-3-8-20-36)56-54(57-51(45)53)37-21-9-4-10-22-37/h3-35H,1-2H3. The van der Waals surface area contributed by atoms with Gasteiger partial charge in [0.25, 0.3) is 0 Å². The van der Waals surface area contributed by atoms with Gasteiger partial charge in [-0.05, 0) is 56.0 Å². The molecule has 3 heterocycles. The number of fused-ring (bicyclic) bond motifs is 10. The quantitative estimate of drug-likeness (QED) is 0.163. The van der Waals surface area contributed by atoms with E-state index in [9.17, 15) is 0 Å². The molecule has 2 aromatic heterocycles. The van der Waals surface area contributed by atoms with Gasteiger partial charge in [0.2, 0.25) is 0 Å². The SMILES string of the molecule is CC1(C)c2ccccc2-c2ccc3c4ccccc4n(-c4ccc5c(c4)[Si](c4ccccc4)(c4ccccc4)c4c(-c6ccccc6)nc(-c6ccccc6)nc4-5)c3c21. The molecule has 0 saturated carbocycles. The van der Waals surface area contributed by atoms with Gasteiger partial charge in [0.05, 0.1) is 22.4 Å². The maximum Gasteiger partial charge on any atom is 0.185 e. The molecule has 0 saturated heterocycles. The molecule has 2 aliphatic rings. The number of para-hydroxylation sites is 1. The number of rotatable bonds is 5. The summed E-state index contributed by atoms with van der Waals surface area (Å²) < 4.78 is 2.56. The van der Waals surface area contributed by atoms with Crippen LogP contribution in [0.2, 0.25) is 0 Å². The molecule has 12 rings (SSSR count). The normalized spacial score (nSPS) is 14.2. The van der Waals surface area contributed by atoms with E-state index in [4.69, 9.17) is 9.97 Å². The number of aromatic nitrogens is 3. The Hall–Kier alpha value is -7.14. The van der Waals surface area contributed by atoms with E-state index in [0.29, 0.717) is 0 Å². The molecule has 59 heavy (non-hydrogen) atoms. The van der Waals surface area contributed by atoms with Gasteiger partial charge in [0.15, 0.2) is 13.9 Å². The number of hydrogen-bond donors (Lipinski definition) is 0. The Kier molecular flexibility index (Phi) is 7.29. The second kappa shape index (κ2) is 12.7. The van der Waals surface area contributed by atoms with E-state index >= 15 is 0 Å². The topological polar surface area (TPSA) is 30.7 Å². The lowest BCUT2D eigenvalue weighted by Crippen LogP contribution is -2.73. The summed E-state index contributed by atoms with van der Waals surface area (Å²) in [6, 6.07) is 73.5. The largest absolute Gasteiger partial charge is 0.309 e. The molecule has 0 spiro atoms. The first-order valence-corrected chi connectivity index (χ1v) is 22.5. The highest BCUT2D eigenvalue weighted by molar-refractivity contribution is 7.22. The third kappa shape index (κ3) is 4.69. The van der Waals surface area contributed by atoms with Crippen molar-refractivity contribution in [2.75, 3.05) is 0 Å². The maximum absolute atomic E-state index is 5.60. The van der Waals surface area contributed by atoms with Crippen molar-refractivity contribution in [2.24, 2.45) is 0 Å². The Labute approximate surface area is 345 Å². The van der Waals surface area contributed by atoms with E-state index < -0.39 is 8.07 Å². The Balaban J connectivity index is 1.23. The van der Waals surface area contributed by atoms with Crippen LogP contribution in [0.3, 0.4) is 0 Å². The van der Waals surface area contributed by atoms with Gasteiger partial charge in [-0.3, -0.25) is 0 Å². The highest BCUT2D eigenvalue weighted by atomic mass is 28.3. The van der Waals surface area contributed by atoms with E-state index in [1.165, 1.54) is 70.4 Å². The fraction of sp³-hybridized carbons (Fsp3) is 0.0545. The molecule has 10 aromatic rings. The summed E-state index contributed by atoms with van der Waals surface area (Å²) in [7, 11) is -3.09. The van der Waals surface area contributed by atoms with Crippen molar-refractivity contribution in [3.05, 3.63) is 211 Å². The summed E-state index contributed by atoms with van der Waals surface area (Å²) in [5.41, 5.74) is 14.2. The van der Waals surface area contributed by atoms with Gasteiger partial charge < -0.3 is 4.57 Å². The molecular weight excluding hydrogens is 731 g/mol. The van der Waals surface area contributed by atoms with Crippen LogP contribution in [0, 0.1) is 0 Å². The molecule has 0 bridgehead atoms. The van der Waals surface area contributed by atoms with Crippen molar-refractivity contribution >= 4 is 50.6 Å². The molecule has 1 aliphatic heterocycles. The van der Waals surface area contributed by atoms with Crippen LogP contribution in [0.15, 0.2) is 200 Å². The van der Waals surface area contributed by atoms with Crippen LogP contribution >= 0.6 is 0 Å². The smallest absolute Gasteiger partial charge is 0.185 e. The summed E-state index contributed by atoms with van der Waals surface area (Å²) in [4.78, 5) is 11.2. The Bertz CT molecular complexity index is 3240. The molecule has 0 radical (unpaired) electrons. The third-order valence-corrected chi connectivity index (χ3v) is 17.9. The molecule has 1 aliphatic carbocycles. The summed E-state index contributed by atoms with van der Waals surface area (Å²) in [5.74, 6) is 0.740. The zero-order chi connectivity index (χ0) is 39.3. The van der Waals surface area contributed by atoms with E-state index in [2.05, 4.69) is 219 Å². The third-order valence-electron chi connectivity index (χ3n) is 13.0. The fourth-order valence-corrected chi connectivity index (χ4v) is 15.8. The first-order chi connectivity index (χ1) is 29.0. The zero-order valence-corrected chi connectivity index (χ0v) is 33.9. The van der Waals surface area contributed by atoms with Crippen LogP contribution in [0.25, 0.3) is 72.5 Å². The molecule has 0 N–H and O–H groups in total. The van der Waals surface area contributed by atoms with E-state index in [-0.39, 0.29) is 5.41 Å². The lowest BCUT2D eigenvalue weighted by molar-refractivity contribution is 0.664. The molecular formula is C55H39N3Si. The summed E-state index contributed by atoms with van der Waals surface area (Å²) in [6.45, 7) is 4.80. The minimum Gasteiger partial charge on any atom is -0.309 e. The maximum atomic E-state index is 5.60. The van der Waals surface area contributed by atoms with Gasteiger partial charge in [-0.1, -0.05) is 196 Å². The van der Waals surface area contributed by atoms with Crippen LogP contribution in [0.4, 0.5) is 0 Å². The van der Waals surface area contributed by atoms with Crippen LogP contribution in [-0.2, 0) is 5.41 Å². The van der Waals surface area contributed by atoms with Crippen molar-refractivity contribution in [2.45, 2.75) is 19.3 Å². The van der Waals surface area contributed by atoms with E-state index in [1.54, 1.807) is 0 Å². The molecule has 0 atom stereocenters. The molecule has 3 nitrogen and oxygen atoms in total. The predicted octanol–water partition coefficient (Wildman–Crippen LogP) is 10.6. The van der Waals surface area contributed by atoms with Gasteiger partial charge in [-0.25, -0.2) is 9.97 Å². The second-order valence-electron chi connectivity index (χ2n) is 16.5. The molecule has 0 amide bonds. The molecule has 0 fully saturated rings. The summed E-state index contributed by atoms with van der Waals surface area (Å²) in [6.07, 6.45) is 0. The van der Waals surface area contributed by atoms with Crippen molar-refractivity contribution in [3.63, 3.8) is 0 Å². The van der Waals surface area contributed by atoms with Crippen molar-refractivity contribution in [3.8, 4) is 50.7 Å². The van der Waals surface area contributed by atoms with Crippen molar-refractivity contribution in [1.29, 1.82) is 0 Å². The Morgan fingerprint density at radius 2 is 1.05 bits per heavy atom. The van der Waals surface area contributed by atoms with E-state index in [1.807, 2.05) is 0 Å². The second-order valence-corrected chi connectivity index (χ2v) is 20.2. The van der Waals surface area contributed by atoms with Gasteiger partial charge in [-0.15, -0.1) is 0 Å². The fourth-order valence-electron chi connectivity index (χ4n) is 10.6. The first kappa shape index (κ1) is 33.9. The lowest BCUT2D eigenvalue weighted by atomic mass is 9.81. The predicted molar refractivity (Wildman–Crippen MR) is 247 cm³/mol. The number of benzene rings is 8. The average molecular weight is 770 g/mol. The van der Waals surface area contributed by atoms with Gasteiger partial charge in [0.1, 0.15) is 0 Å². The Morgan fingerprint density at radius 3 is 1.76 bits per heavy atom. The lowest BCUT2D eigenvalue weighted by Gasteiger charge is -2.32. The molecule has 4 heteroatoms. The minimum absolute atomic E-state index is 0.189. The summed E-state index contributed by atoms with van der Waals surface area (Å²) in [5, 5.41) is 7.75. The molecule has 8 aromatic carbocycles. The molecule has 0 unspecified atom stereocenters. The highest BCUT2D eigenvalue weighted by Crippen LogP contribution is 2.53. The average Bonchev–Trinajstić information content (AvgIpc) is 3.88. The monoisotopic (exact) mass is 769 g/mol. The van der Waals surface area contributed by atoms with Crippen LogP contribution in [0.1, 0.15) is 25.0 Å². The van der Waals surface area contributed by atoms with Crippen LogP contribution < -0.4 is 20.7 Å². The highest BCUT2D eigenvalue weighted by Gasteiger charge is 2.52. The molecule has 278 valence electrons. The van der Waals surface area contributed by atoms with E-state index in [0.717, 1.165) is 34.0 Å². The van der Waals surface area contributed by atoms with Crippen molar-refractivity contribution < 1.29 is 0 Å². The van der Waals surface area contributed by atoms with Gasteiger partial charge in [0, 0.05) is 43.8 Å². The first-order valence-electron chi connectivity index (χ1n) is 20.5. The zero-order valence-electron chi connectivity index (χ0n) is 32.9. The van der Waals surface area contributed by atoms with Crippen molar-refractivity contribution in [1.82, 2.24) is 14.5 Å². The Morgan fingerprint density at radius 1 is 0.475 bits per heavy atom. The van der Waals surface area contributed by atoms with Gasteiger partial charge >= 0.3 is 0 Å². The number of hydrogen-bond acceptors (Lipinski definition) is 2. The summed E-state index contributed by atoms with van der Waals surface area (Å²) >= 11 is 0. The van der Waals surface area contributed by atoms with Crippen LogP contribution in [-0.4, -0.2) is 22.6 Å². The van der Waals surface area contributed by atoms with Gasteiger partial charge in [-0.2, -0.15) is 0 Å². The number of nitrogens with zero attached hydrogens (tertiary/aromatic N) is 3. The van der Waals surface area contributed by atoms with Crippen LogP contribution in [0.5, 0.6) is 0 Å².